The standard InChI is InChI=1S/C51H30N4OS/c1-3-12-32(13-4-1)36-18-11-20-44-48(36)39-27-26-35(28-45(39)56-44)31-22-24-34(25-23-31)50-52-49(33-14-5-2-6-15-33)53-51(54-50)55-42-19-9-7-16-37(42)40-30-47-41(29-43(40)55)38-17-8-10-21-46(38)57-47/h1-30H. The van der Waals surface area contributed by atoms with E-state index in [1.807, 2.05) is 41.7 Å². The predicted molar refractivity (Wildman–Crippen MR) is 236 cm³/mol. The van der Waals surface area contributed by atoms with Crippen molar-refractivity contribution >= 4 is 75.3 Å². The minimum absolute atomic E-state index is 0.582. The summed E-state index contributed by atoms with van der Waals surface area (Å²) in [7, 11) is 0. The number of hydrogen-bond donors (Lipinski definition) is 0. The van der Waals surface area contributed by atoms with Crippen molar-refractivity contribution in [2.75, 3.05) is 0 Å². The van der Waals surface area contributed by atoms with Gasteiger partial charge in [0.25, 0.3) is 0 Å². The van der Waals surface area contributed by atoms with Crippen LogP contribution in [0.2, 0.25) is 0 Å². The van der Waals surface area contributed by atoms with E-state index in [4.69, 9.17) is 19.4 Å². The number of furan rings is 1. The van der Waals surface area contributed by atoms with Crippen LogP contribution >= 0.6 is 11.3 Å². The van der Waals surface area contributed by atoms with Crippen molar-refractivity contribution < 1.29 is 4.42 Å². The summed E-state index contributed by atoms with van der Waals surface area (Å²) in [5.41, 5.74) is 10.2. The number of aromatic nitrogens is 4. The predicted octanol–water partition coefficient (Wildman–Crippen LogP) is 13.9. The third-order valence-corrected chi connectivity index (χ3v) is 12.2. The Morgan fingerprint density at radius 2 is 1.05 bits per heavy atom. The highest BCUT2D eigenvalue weighted by Gasteiger charge is 2.20. The molecule has 0 saturated heterocycles. The van der Waals surface area contributed by atoms with E-state index in [1.165, 1.54) is 36.7 Å². The van der Waals surface area contributed by atoms with Gasteiger partial charge in [0, 0.05) is 52.8 Å². The molecule has 0 amide bonds. The van der Waals surface area contributed by atoms with E-state index in [-0.39, 0.29) is 0 Å². The molecule has 0 spiro atoms. The first kappa shape index (κ1) is 31.9. The average molecular weight is 747 g/mol. The Morgan fingerprint density at radius 3 is 1.86 bits per heavy atom. The summed E-state index contributed by atoms with van der Waals surface area (Å²) in [6.45, 7) is 0. The third kappa shape index (κ3) is 5.12. The number of benzene rings is 8. The Kier molecular flexibility index (Phi) is 7.03. The zero-order valence-corrected chi connectivity index (χ0v) is 31.2. The van der Waals surface area contributed by atoms with E-state index < -0.39 is 0 Å². The fourth-order valence-corrected chi connectivity index (χ4v) is 9.51. The first-order valence-corrected chi connectivity index (χ1v) is 19.8. The van der Waals surface area contributed by atoms with Crippen LogP contribution in [0.4, 0.5) is 0 Å². The van der Waals surface area contributed by atoms with E-state index in [2.05, 4.69) is 156 Å². The number of hydrogen-bond acceptors (Lipinski definition) is 5. The third-order valence-electron chi connectivity index (χ3n) is 11.1. The first-order valence-electron chi connectivity index (χ1n) is 19.0. The molecule has 266 valence electrons. The number of fused-ring (bicyclic) bond motifs is 9. The highest BCUT2D eigenvalue weighted by Crippen LogP contribution is 2.41. The van der Waals surface area contributed by atoms with Crippen LogP contribution in [0, 0.1) is 0 Å². The molecule has 4 aromatic heterocycles. The van der Waals surface area contributed by atoms with Crippen molar-refractivity contribution in [1.82, 2.24) is 19.5 Å². The highest BCUT2D eigenvalue weighted by atomic mass is 32.1. The van der Waals surface area contributed by atoms with Crippen LogP contribution in [0.3, 0.4) is 0 Å². The van der Waals surface area contributed by atoms with E-state index in [9.17, 15) is 0 Å². The van der Waals surface area contributed by atoms with Crippen LogP contribution in [0.5, 0.6) is 0 Å². The van der Waals surface area contributed by atoms with Crippen molar-refractivity contribution in [3.8, 4) is 51.0 Å². The molecule has 5 nitrogen and oxygen atoms in total. The topological polar surface area (TPSA) is 56.7 Å². The number of rotatable bonds is 5. The van der Waals surface area contributed by atoms with Crippen molar-refractivity contribution in [3.05, 3.63) is 182 Å². The van der Waals surface area contributed by atoms with Gasteiger partial charge in [-0.25, -0.2) is 4.98 Å². The molecule has 0 aliphatic carbocycles. The largest absolute Gasteiger partial charge is 0.456 e. The van der Waals surface area contributed by atoms with Gasteiger partial charge in [0.15, 0.2) is 11.6 Å². The summed E-state index contributed by atoms with van der Waals surface area (Å²) in [6.07, 6.45) is 0. The molecule has 0 fully saturated rings. The fourth-order valence-electron chi connectivity index (χ4n) is 8.39. The number of thiophene rings is 1. The Labute approximate surface area is 330 Å². The van der Waals surface area contributed by atoms with E-state index >= 15 is 0 Å². The first-order chi connectivity index (χ1) is 28.2. The second-order valence-electron chi connectivity index (χ2n) is 14.4. The van der Waals surface area contributed by atoms with E-state index in [0.717, 1.165) is 60.6 Å². The normalized spacial score (nSPS) is 11.9. The molecule has 0 aliphatic heterocycles. The lowest BCUT2D eigenvalue weighted by Gasteiger charge is -2.11. The van der Waals surface area contributed by atoms with Crippen molar-refractivity contribution in [2.45, 2.75) is 0 Å². The molecule has 0 bridgehead atoms. The second kappa shape index (κ2) is 12.6. The smallest absolute Gasteiger partial charge is 0.238 e. The maximum atomic E-state index is 6.45. The molecule has 0 radical (unpaired) electrons. The molecule has 12 rings (SSSR count). The molecule has 0 atom stereocenters. The quantitative estimate of drug-likeness (QED) is 0.176. The SMILES string of the molecule is c1ccc(-c2nc(-c3ccc(-c4ccc5c(c4)oc4cccc(-c6ccccc6)c45)cc3)nc(-n3c4ccccc4c4cc5sc6ccccc6c5cc43)n2)cc1. The van der Waals surface area contributed by atoms with Gasteiger partial charge in [-0.2, -0.15) is 9.97 Å². The van der Waals surface area contributed by atoms with Gasteiger partial charge in [-0.15, -0.1) is 11.3 Å². The zero-order chi connectivity index (χ0) is 37.5. The summed E-state index contributed by atoms with van der Waals surface area (Å²) in [4.78, 5) is 15.5. The average Bonchev–Trinajstić information content (AvgIpc) is 3.95. The maximum Gasteiger partial charge on any atom is 0.238 e. The van der Waals surface area contributed by atoms with Crippen LogP contribution < -0.4 is 0 Å². The van der Waals surface area contributed by atoms with Gasteiger partial charge < -0.3 is 4.42 Å². The van der Waals surface area contributed by atoms with Gasteiger partial charge in [0.1, 0.15) is 11.2 Å². The van der Waals surface area contributed by atoms with E-state index in [0.29, 0.717) is 17.6 Å². The Bertz CT molecular complexity index is 3510. The van der Waals surface area contributed by atoms with E-state index in [1.54, 1.807) is 0 Å². The highest BCUT2D eigenvalue weighted by molar-refractivity contribution is 7.25. The minimum atomic E-state index is 0.582. The number of nitrogens with zero attached hydrogens (tertiary/aromatic N) is 4. The molecule has 0 N–H and O–H groups in total. The Hall–Kier alpha value is -7.41. The summed E-state index contributed by atoms with van der Waals surface area (Å²) in [6, 6.07) is 63.7. The summed E-state index contributed by atoms with van der Waals surface area (Å²) in [5, 5.41) is 7.07. The summed E-state index contributed by atoms with van der Waals surface area (Å²) in [5.74, 6) is 1.82. The van der Waals surface area contributed by atoms with Crippen molar-refractivity contribution in [1.29, 1.82) is 0 Å². The molecular formula is C51H30N4OS. The lowest BCUT2D eigenvalue weighted by Crippen LogP contribution is -2.06. The van der Waals surface area contributed by atoms with Crippen LogP contribution in [-0.2, 0) is 0 Å². The van der Waals surface area contributed by atoms with Gasteiger partial charge >= 0.3 is 0 Å². The fraction of sp³-hybridized carbons (Fsp3) is 0. The lowest BCUT2D eigenvalue weighted by atomic mass is 9.98. The van der Waals surface area contributed by atoms with Crippen molar-refractivity contribution in [3.63, 3.8) is 0 Å². The second-order valence-corrected chi connectivity index (χ2v) is 15.5. The van der Waals surface area contributed by atoms with Crippen molar-refractivity contribution in [2.24, 2.45) is 0 Å². The Balaban J connectivity index is 0.995. The van der Waals surface area contributed by atoms with Gasteiger partial charge in [0.05, 0.1) is 11.0 Å². The number of para-hydroxylation sites is 1. The minimum Gasteiger partial charge on any atom is -0.456 e. The molecular weight excluding hydrogens is 717 g/mol. The van der Waals surface area contributed by atoms with Crippen LogP contribution in [0.25, 0.3) is 115 Å². The van der Waals surface area contributed by atoms with Gasteiger partial charge in [-0.1, -0.05) is 140 Å². The summed E-state index contributed by atoms with van der Waals surface area (Å²) < 4.78 is 11.2. The summed E-state index contributed by atoms with van der Waals surface area (Å²) >= 11 is 1.83. The molecule has 57 heavy (non-hydrogen) atoms. The molecule has 0 saturated carbocycles. The molecule has 8 aromatic carbocycles. The lowest BCUT2D eigenvalue weighted by molar-refractivity contribution is 0.669. The van der Waals surface area contributed by atoms with Crippen LogP contribution in [0.15, 0.2) is 186 Å². The van der Waals surface area contributed by atoms with Gasteiger partial charge in [-0.05, 0) is 64.7 Å². The van der Waals surface area contributed by atoms with Crippen LogP contribution in [-0.4, -0.2) is 19.5 Å². The monoisotopic (exact) mass is 746 g/mol. The zero-order valence-electron chi connectivity index (χ0n) is 30.4. The molecule has 12 aromatic rings. The molecule has 6 heteroatoms. The Morgan fingerprint density at radius 1 is 0.386 bits per heavy atom. The molecule has 0 aliphatic rings. The van der Waals surface area contributed by atoms with Gasteiger partial charge in [0.2, 0.25) is 5.95 Å². The van der Waals surface area contributed by atoms with Crippen LogP contribution in [0.1, 0.15) is 0 Å². The molecule has 0 unspecified atom stereocenters. The van der Waals surface area contributed by atoms with Gasteiger partial charge in [-0.3, -0.25) is 4.57 Å². The molecule has 4 heterocycles. The maximum absolute atomic E-state index is 6.45.